The van der Waals surface area contributed by atoms with Gasteiger partial charge in [0, 0.05) is 21.3 Å². The molecule has 6 nitrogen and oxygen atoms in total. The molecular formula is C23H19Cl2N3O3. The Labute approximate surface area is 189 Å². The van der Waals surface area contributed by atoms with Crippen LogP contribution in [0.4, 0.5) is 5.69 Å². The number of para-hydroxylation sites is 1. The largest absolute Gasteiger partial charge is 0.488 e. The van der Waals surface area contributed by atoms with Crippen LogP contribution in [0.1, 0.15) is 17.5 Å². The molecule has 2 amide bonds. The molecule has 3 rings (SSSR count). The predicted octanol–water partition coefficient (Wildman–Crippen LogP) is 5.05. The number of nitrogens with one attached hydrogen (secondary N) is 2. The van der Waals surface area contributed by atoms with Crippen LogP contribution in [0.3, 0.4) is 0 Å². The number of hydrogen-bond donors (Lipinski definition) is 2. The van der Waals surface area contributed by atoms with Crippen LogP contribution >= 0.6 is 23.2 Å². The van der Waals surface area contributed by atoms with E-state index in [4.69, 9.17) is 27.9 Å². The quantitative estimate of drug-likeness (QED) is 0.283. The Kier molecular flexibility index (Phi) is 8.04. The molecule has 0 bridgehead atoms. The van der Waals surface area contributed by atoms with Gasteiger partial charge in [-0.3, -0.25) is 9.59 Å². The molecule has 31 heavy (non-hydrogen) atoms. The first kappa shape index (κ1) is 22.3. The van der Waals surface area contributed by atoms with E-state index in [0.717, 1.165) is 5.56 Å². The molecular weight excluding hydrogens is 437 g/mol. The van der Waals surface area contributed by atoms with Crippen LogP contribution < -0.4 is 15.5 Å². The van der Waals surface area contributed by atoms with Crippen LogP contribution in [0.15, 0.2) is 77.9 Å². The van der Waals surface area contributed by atoms with Gasteiger partial charge in [-0.2, -0.15) is 5.10 Å². The van der Waals surface area contributed by atoms with Crippen molar-refractivity contribution in [3.8, 4) is 5.75 Å². The highest BCUT2D eigenvalue weighted by Crippen LogP contribution is 2.23. The van der Waals surface area contributed by atoms with E-state index in [1.54, 1.807) is 48.5 Å². The van der Waals surface area contributed by atoms with Crippen LogP contribution in [0, 0.1) is 0 Å². The summed E-state index contributed by atoms with van der Waals surface area (Å²) >= 11 is 12.1. The second-order valence-corrected chi connectivity index (χ2v) is 7.36. The minimum absolute atomic E-state index is 0.301. The van der Waals surface area contributed by atoms with E-state index in [1.165, 1.54) is 6.21 Å². The summed E-state index contributed by atoms with van der Waals surface area (Å²) < 4.78 is 5.84. The second-order valence-electron chi connectivity index (χ2n) is 6.48. The van der Waals surface area contributed by atoms with E-state index < -0.39 is 11.8 Å². The number of halogens is 2. The molecule has 8 heteroatoms. The average Bonchev–Trinajstić information content (AvgIpc) is 2.74. The first-order chi connectivity index (χ1) is 15.0. The summed E-state index contributed by atoms with van der Waals surface area (Å²) in [5, 5.41) is 7.66. The van der Waals surface area contributed by atoms with Crippen LogP contribution in [-0.2, 0) is 16.2 Å². The summed E-state index contributed by atoms with van der Waals surface area (Å²) in [5.41, 5.74) is 4.42. The Balaban J connectivity index is 1.56. The predicted molar refractivity (Wildman–Crippen MR) is 123 cm³/mol. The molecule has 2 N–H and O–H groups in total. The molecule has 0 fully saturated rings. The lowest BCUT2D eigenvalue weighted by molar-refractivity contribution is -0.126. The summed E-state index contributed by atoms with van der Waals surface area (Å²) in [6.07, 6.45) is 1.05. The number of nitrogens with zero attached hydrogens (tertiary/aromatic N) is 1. The van der Waals surface area contributed by atoms with E-state index in [2.05, 4.69) is 15.8 Å². The number of ether oxygens (including phenoxy) is 1. The number of benzene rings is 3. The van der Waals surface area contributed by atoms with E-state index in [1.807, 2.05) is 24.3 Å². The Hall–Kier alpha value is -3.35. The van der Waals surface area contributed by atoms with Gasteiger partial charge in [-0.25, -0.2) is 5.43 Å². The van der Waals surface area contributed by atoms with E-state index in [0.29, 0.717) is 33.7 Å². The fourth-order valence-corrected chi connectivity index (χ4v) is 3.02. The maximum Gasteiger partial charge on any atom is 0.249 e. The number of rotatable bonds is 8. The molecule has 3 aromatic carbocycles. The molecule has 0 saturated heterocycles. The topological polar surface area (TPSA) is 79.8 Å². The lowest BCUT2D eigenvalue weighted by Crippen LogP contribution is -2.24. The van der Waals surface area contributed by atoms with Crippen molar-refractivity contribution in [2.75, 3.05) is 5.32 Å². The number of hydrazone groups is 1. The first-order valence-electron chi connectivity index (χ1n) is 9.33. The maximum atomic E-state index is 12.0. The number of carbonyl (C=O) groups excluding carboxylic acids is 2. The first-order valence-corrected chi connectivity index (χ1v) is 10.1. The van der Waals surface area contributed by atoms with Crippen molar-refractivity contribution in [3.63, 3.8) is 0 Å². The molecule has 0 aliphatic heterocycles. The van der Waals surface area contributed by atoms with Gasteiger partial charge in [0.05, 0.1) is 6.21 Å². The average molecular weight is 456 g/mol. The Morgan fingerprint density at radius 1 is 0.903 bits per heavy atom. The summed E-state index contributed by atoms with van der Waals surface area (Å²) in [5.74, 6) is -0.454. The van der Waals surface area contributed by atoms with Crippen molar-refractivity contribution in [3.05, 3.63) is 94.0 Å². The van der Waals surface area contributed by atoms with E-state index >= 15 is 0 Å². The normalized spacial score (nSPS) is 10.6. The zero-order valence-corrected chi connectivity index (χ0v) is 17.9. The molecule has 0 heterocycles. The zero-order chi connectivity index (χ0) is 22.1. The fourth-order valence-electron chi connectivity index (χ4n) is 2.63. The molecule has 0 aliphatic carbocycles. The monoisotopic (exact) mass is 455 g/mol. The van der Waals surface area contributed by atoms with Crippen molar-refractivity contribution in [1.29, 1.82) is 0 Å². The third-order valence-corrected chi connectivity index (χ3v) is 4.50. The molecule has 0 saturated carbocycles. The van der Waals surface area contributed by atoms with Crippen LogP contribution in [0.5, 0.6) is 5.75 Å². The molecule has 0 spiro atoms. The summed E-state index contributed by atoms with van der Waals surface area (Å²) in [6, 6.07) is 21.3. The van der Waals surface area contributed by atoms with Gasteiger partial charge in [-0.1, -0.05) is 53.5 Å². The molecule has 0 aliphatic rings. The molecule has 158 valence electrons. The summed E-state index contributed by atoms with van der Waals surface area (Å²) in [4.78, 5) is 23.9. The van der Waals surface area contributed by atoms with Crippen molar-refractivity contribution in [1.82, 2.24) is 5.43 Å². The molecule has 0 radical (unpaired) electrons. The number of carbonyl (C=O) groups is 2. The summed E-state index contributed by atoms with van der Waals surface area (Å²) in [6.45, 7) is 0.301. The van der Waals surface area contributed by atoms with Crippen molar-refractivity contribution in [2.45, 2.75) is 13.0 Å². The van der Waals surface area contributed by atoms with Crippen LogP contribution in [0.2, 0.25) is 10.0 Å². The third-order valence-electron chi connectivity index (χ3n) is 4.03. The van der Waals surface area contributed by atoms with E-state index in [9.17, 15) is 9.59 Å². The fraction of sp³-hybridized carbons (Fsp3) is 0.0870. The molecule has 0 unspecified atom stereocenters. The van der Waals surface area contributed by atoms with Gasteiger partial charge >= 0.3 is 0 Å². The highest BCUT2D eigenvalue weighted by Gasteiger charge is 2.09. The smallest absolute Gasteiger partial charge is 0.249 e. The lowest BCUT2D eigenvalue weighted by atomic mass is 10.2. The Morgan fingerprint density at radius 3 is 2.45 bits per heavy atom. The van der Waals surface area contributed by atoms with Crippen molar-refractivity contribution >= 4 is 46.9 Å². The van der Waals surface area contributed by atoms with Gasteiger partial charge in [-0.05, 0) is 48.0 Å². The third kappa shape index (κ3) is 7.44. The second kappa shape index (κ2) is 11.2. The van der Waals surface area contributed by atoms with Gasteiger partial charge < -0.3 is 10.1 Å². The molecule has 3 aromatic rings. The highest BCUT2D eigenvalue weighted by molar-refractivity contribution is 6.31. The maximum absolute atomic E-state index is 12.0. The highest BCUT2D eigenvalue weighted by atomic mass is 35.5. The minimum Gasteiger partial charge on any atom is -0.488 e. The molecule has 0 atom stereocenters. The van der Waals surface area contributed by atoms with Crippen LogP contribution in [-0.4, -0.2) is 18.0 Å². The van der Waals surface area contributed by atoms with Gasteiger partial charge in [0.2, 0.25) is 11.8 Å². The standard InChI is InChI=1S/C23H19Cl2N3O3/c24-18-6-4-5-16(11-18)15-31-21-10-9-19(25)12-17(21)14-26-28-23(30)13-22(29)27-20-7-2-1-3-8-20/h1-12,14H,13,15H2,(H,27,29)(H,28,30). The Morgan fingerprint density at radius 2 is 1.68 bits per heavy atom. The molecule has 0 aromatic heterocycles. The van der Waals surface area contributed by atoms with E-state index in [-0.39, 0.29) is 6.42 Å². The van der Waals surface area contributed by atoms with Gasteiger partial charge in [0.15, 0.2) is 0 Å². The van der Waals surface area contributed by atoms with Crippen molar-refractivity contribution < 1.29 is 14.3 Å². The number of anilines is 1. The number of hydrogen-bond acceptors (Lipinski definition) is 4. The van der Waals surface area contributed by atoms with Crippen LogP contribution in [0.25, 0.3) is 0 Å². The summed E-state index contributed by atoms with van der Waals surface area (Å²) in [7, 11) is 0. The van der Waals surface area contributed by atoms with Gasteiger partial charge in [0.1, 0.15) is 18.8 Å². The van der Waals surface area contributed by atoms with Gasteiger partial charge in [0.25, 0.3) is 0 Å². The van der Waals surface area contributed by atoms with Crippen molar-refractivity contribution in [2.24, 2.45) is 5.10 Å². The Bertz CT molecular complexity index is 1090. The van der Waals surface area contributed by atoms with Gasteiger partial charge in [-0.15, -0.1) is 0 Å². The SMILES string of the molecule is O=C(CC(=O)Nc1ccccc1)NN=Cc1cc(Cl)ccc1OCc1cccc(Cl)c1. The minimum atomic E-state index is -0.548. The lowest BCUT2D eigenvalue weighted by Gasteiger charge is -2.10. The zero-order valence-electron chi connectivity index (χ0n) is 16.3. The number of amides is 2.